The molecule has 1 saturated carbocycles. The van der Waals surface area contributed by atoms with Crippen molar-refractivity contribution < 1.29 is 9.32 Å². The van der Waals surface area contributed by atoms with E-state index in [0.29, 0.717) is 23.0 Å². The van der Waals surface area contributed by atoms with Crippen LogP contribution >= 0.6 is 11.3 Å². The first-order valence-electron chi connectivity index (χ1n) is 10.1. The van der Waals surface area contributed by atoms with Crippen LogP contribution in [-0.4, -0.2) is 30.8 Å². The Morgan fingerprint density at radius 1 is 1.33 bits per heavy atom. The van der Waals surface area contributed by atoms with E-state index in [1.807, 2.05) is 30.7 Å². The fraction of sp³-hybridized carbons (Fsp3) is 0.381. The molecule has 0 bridgehead atoms. The van der Waals surface area contributed by atoms with Crippen molar-refractivity contribution in [2.45, 2.75) is 52.1 Å². The Labute approximate surface area is 177 Å². The van der Waals surface area contributed by atoms with E-state index >= 15 is 0 Å². The molecule has 1 fully saturated rings. The smallest absolute Gasteiger partial charge is 0.252 e. The lowest BCUT2D eigenvalue weighted by molar-refractivity contribution is 0.0948. The van der Waals surface area contributed by atoms with E-state index < -0.39 is 0 Å². The van der Waals surface area contributed by atoms with Crippen LogP contribution in [0.25, 0.3) is 21.6 Å². The number of rotatable bonds is 6. The molecule has 0 unspecified atom stereocenters. The summed E-state index contributed by atoms with van der Waals surface area (Å²) in [6, 6.07) is 6.05. The summed E-state index contributed by atoms with van der Waals surface area (Å²) in [6.07, 6.45) is 3.91. The number of hydrogen-bond acceptors (Lipinski definition) is 7. The standard InChI is InChI=1S/C21H22N6O2S/c1-11(2)27-20-15(9-23-27)14(8-16(24-20)17-7-4-12(3)30-17)21(28)22-10-18-25-19(26-29-18)13-5-6-13/h4,7-9,11,13H,5-6,10H2,1-3H3,(H,22,28). The molecule has 4 aromatic rings. The number of hydrogen-bond donors (Lipinski definition) is 1. The maximum atomic E-state index is 13.1. The van der Waals surface area contributed by atoms with Gasteiger partial charge in [0.1, 0.15) is 0 Å². The third-order valence-corrected chi connectivity index (χ3v) is 6.14. The van der Waals surface area contributed by atoms with Gasteiger partial charge in [-0.1, -0.05) is 5.16 Å². The molecule has 4 aromatic heterocycles. The third-order valence-electron chi connectivity index (χ3n) is 5.12. The van der Waals surface area contributed by atoms with Crippen molar-refractivity contribution in [1.29, 1.82) is 0 Å². The molecule has 0 radical (unpaired) electrons. The summed E-state index contributed by atoms with van der Waals surface area (Å²) in [5, 5.41) is 12.1. The molecule has 30 heavy (non-hydrogen) atoms. The van der Waals surface area contributed by atoms with Crippen molar-refractivity contribution in [3.63, 3.8) is 0 Å². The highest BCUT2D eigenvalue weighted by Gasteiger charge is 2.29. The van der Waals surface area contributed by atoms with Crippen LogP contribution in [0, 0.1) is 6.92 Å². The maximum Gasteiger partial charge on any atom is 0.252 e. The Bertz CT molecular complexity index is 1230. The Kier molecular flexibility index (Phi) is 4.62. The number of thiophene rings is 1. The monoisotopic (exact) mass is 422 g/mol. The van der Waals surface area contributed by atoms with Crippen molar-refractivity contribution in [2.24, 2.45) is 0 Å². The van der Waals surface area contributed by atoms with Gasteiger partial charge in [0.15, 0.2) is 11.5 Å². The van der Waals surface area contributed by atoms with Gasteiger partial charge in [0.2, 0.25) is 5.89 Å². The Morgan fingerprint density at radius 2 is 2.17 bits per heavy atom. The van der Waals surface area contributed by atoms with Crippen molar-refractivity contribution in [3.8, 4) is 10.6 Å². The average molecular weight is 423 g/mol. The van der Waals surface area contributed by atoms with Crippen LogP contribution in [0.2, 0.25) is 0 Å². The van der Waals surface area contributed by atoms with E-state index in [1.165, 1.54) is 4.88 Å². The lowest BCUT2D eigenvalue weighted by Gasteiger charge is -2.10. The Balaban J connectivity index is 1.48. The fourth-order valence-electron chi connectivity index (χ4n) is 3.38. The summed E-state index contributed by atoms with van der Waals surface area (Å²) in [6.45, 7) is 6.33. The topological polar surface area (TPSA) is 98.7 Å². The molecule has 154 valence electrons. The van der Waals surface area contributed by atoms with Crippen molar-refractivity contribution >= 4 is 28.3 Å². The highest BCUT2D eigenvalue weighted by molar-refractivity contribution is 7.15. The summed E-state index contributed by atoms with van der Waals surface area (Å²) in [5.41, 5.74) is 2.00. The highest BCUT2D eigenvalue weighted by Crippen LogP contribution is 2.38. The molecule has 1 N–H and O–H groups in total. The minimum atomic E-state index is -0.216. The van der Waals surface area contributed by atoms with Crippen LogP contribution in [0.4, 0.5) is 0 Å². The number of carbonyl (C=O) groups excluding carboxylic acids is 1. The molecular weight excluding hydrogens is 400 g/mol. The average Bonchev–Trinajstić information content (AvgIpc) is 3.13. The molecule has 1 aliphatic carbocycles. The lowest BCUT2D eigenvalue weighted by Crippen LogP contribution is -2.23. The fourth-order valence-corrected chi connectivity index (χ4v) is 4.21. The second kappa shape index (κ2) is 7.32. The van der Waals surface area contributed by atoms with E-state index in [-0.39, 0.29) is 18.5 Å². The number of fused-ring (bicyclic) bond motifs is 1. The number of nitrogens with one attached hydrogen (secondary N) is 1. The molecule has 0 aliphatic heterocycles. The van der Waals surface area contributed by atoms with Gasteiger partial charge in [0, 0.05) is 16.8 Å². The number of carbonyl (C=O) groups is 1. The first-order chi connectivity index (χ1) is 14.5. The molecule has 0 aromatic carbocycles. The van der Waals surface area contributed by atoms with Gasteiger partial charge >= 0.3 is 0 Å². The van der Waals surface area contributed by atoms with E-state index in [0.717, 1.165) is 34.6 Å². The van der Waals surface area contributed by atoms with E-state index in [4.69, 9.17) is 9.51 Å². The zero-order valence-electron chi connectivity index (χ0n) is 17.0. The quantitative estimate of drug-likeness (QED) is 0.499. The minimum absolute atomic E-state index is 0.130. The largest absolute Gasteiger partial charge is 0.343 e. The first kappa shape index (κ1) is 18.9. The Hall–Kier alpha value is -3.07. The summed E-state index contributed by atoms with van der Waals surface area (Å²) < 4.78 is 7.11. The Morgan fingerprint density at radius 3 is 2.87 bits per heavy atom. The summed E-state index contributed by atoms with van der Waals surface area (Å²) >= 11 is 1.65. The normalized spacial score (nSPS) is 14.0. The molecular formula is C21H22N6O2S. The van der Waals surface area contributed by atoms with Crippen LogP contribution in [-0.2, 0) is 6.54 Å². The second-order valence-corrected chi connectivity index (χ2v) is 9.18. The molecule has 4 heterocycles. The van der Waals surface area contributed by atoms with E-state index in [2.05, 4.69) is 33.5 Å². The number of nitrogens with zero attached hydrogens (tertiary/aromatic N) is 5. The van der Waals surface area contributed by atoms with Gasteiger partial charge in [-0.3, -0.25) is 4.79 Å². The lowest BCUT2D eigenvalue weighted by atomic mass is 10.1. The minimum Gasteiger partial charge on any atom is -0.343 e. The molecule has 5 rings (SSSR count). The van der Waals surface area contributed by atoms with Crippen LogP contribution in [0.1, 0.15) is 65.6 Å². The predicted octanol–water partition coefficient (Wildman–Crippen LogP) is 4.24. The number of amides is 1. The molecule has 1 aliphatic rings. The molecule has 9 heteroatoms. The second-order valence-electron chi connectivity index (χ2n) is 7.89. The van der Waals surface area contributed by atoms with E-state index in [9.17, 15) is 4.79 Å². The molecule has 8 nitrogen and oxygen atoms in total. The zero-order chi connectivity index (χ0) is 20.8. The van der Waals surface area contributed by atoms with Crippen LogP contribution in [0.5, 0.6) is 0 Å². The van der Waals surface area contributed by atoms with Crippen LogP contribution < -0.4 is 5.32 Å². The number of pyridine rings is 1. The van der Waals surface area contributed by atoms with Gasteiger partial charge in [0.25, 0.3) is 5.91 Å². The van der Waals surface area contributed by atoms with Gasteiger partial charge < -0.3 is 9.84 Å². The number of aromatic nitrogens is 5. The van der Waals surface area contributed by atoms with Crippen molar-refractivity contribution in [1.82, 2.24) is 30.2 Å². The maximum absolute atomic E-state index is 13.1. The summed E-state index contributed by atoms with van der Waals surface area (Å²) in [7, 11) is 0. The number of aryl methyl sites for hydroxylation is 1. The predicted molar refractivity (Wildman–Crippen MR) is 113 cm³/mol. The molecule has 0 saturated heterocycles. The first-order valence-corrected chi connectivity index (χ1v) is 10.9. The third kappa shape index (κ3) is 3.49. The van der Waals surface area contributed by atoms with Gasteiger partial charge in [0.05, 0.1) is 34.3 Å². The van der Waals surface area contributed by atoms with Crippen LogP contribution in [0.15, 0.2) is 28.9 Å². The van der Waals surface area contributed by atoms with E-state index in [1.54, 1.807) is 17.5 Å². The van der Waals surface area contributed by atoms with Gasteiger partial charge in [-0.2, -0.15) is 10.1 Å². The van der Waals surface area contributed by atoms with Gasteiger partial charge in [-0.15, -0.1) is 11.3 Å². The SMILES string of the molecule is Cc1ccc(-c2cc(C(=O)NCc3nc(C4CC4)no3)c3cnn(C(C)C)c3n2)s1. The molecule has 0 atom stereocenters. The molecule has 1 amide bonds. The summed E-state index contributed by atoms with van der Waals surface area (Å²) in [4.78, 5) is 24.5. The van der Waals surface area contributed by atoms with Crippen molar-refractivity contribution in [2.75, 3.05) is 0 Å². The molecule has 0 spiro atoms. The van der Waals surface area contributed by atoms with Crippen molar-refractivity contribution in [3.05, 3.63) is 46.6 Å². The zero-order valence-corrected chi connectivity index (χ0v) is 17.9. The highest BCUT2D eigenvalue weighted by atomic mass is 32.1. The van der Waals surface area contributed by atoms with Gasteiger partial charge in [-0.05, 0) is 51.8 Å². The summed E-state index contributed by atoms with van der Waals surface area (Å²) in [5.74, 6) is 1.35. The van der Waals surface area contributed by atoms with Crippen LogP contribution in [0.3, 0.4) is 0 Å². The van der Waals surface area contributed by atoms with Gasteiger partial charge in [-0.25, -0.2) is 9.67 Å².